The number of fused-ring (bicyclic) bond motifs is 1. The number of hydrogen-bond acceptors (Lipinski definition) is 6. The number of hydrogen-bond donors (Lipinski definition) is 0. The third kappa shape index (κ3) is 3.35. The van der Waals surface area contributed by atoms with Crippen molar-refractivity contribution in [1.82, 2.24) is 24.0 Å². The molecule has 0 aliphatic carbocycles. The Morgan fingerprint density at radius 3 is 2.59 bits per heavy atom. The molecule has 0 saturated carbocycles. The Hall–Kier alpha value is -1.97. The number of sulfonamides is 1. The molecule has 4 rings (SSSR count). The Bertz CT molecular complexity index is 910. The van der Waals surface area contributed by atoms with Gasteiger partial charge in [0, 0.05) is 32.6 Å². The number of rotatable bonds is 4. The monoisotopic (exact) mass is 391 g/mol. The summed E-state index contributed by atoms with van der Waals surface area (Å²) in [6.07, 6.45) is 2.42. The number of aromatic nitrogens is 3. The van der Waals surface area contributed by atoms with Gasteiger partial charge in [0.1, 0.15) is 11.6 Å². The molecule has 8 nitrogen and oxygen atoms in total. The van der Waals surface area contributed by atoms with Gasteiger partial charge in [-0.05, 0) is 44.2 Å². The van der Waals surface area contributed by atoms with Crippen LogP contribution in [0.25, 0.3) is 0 Å². The van der Waals surface area contributed by atoms with Crippen molar-refractivity contribution in [3.8, 4) is 5.75 Å². The lowest BCUT2D eigenvalue weighted by molar-refractivity contribution is 0.330. The highest BCUT2D eigenvalue weighted by Gasteiger charge is 2.39. The van der Waals surface area contributed by atoms with Gasteiger partial charge in [0.05, 0.1) is 18.0 Å². The number of benzene rings is 1. The van der Waals surface area contributed by atoms with Crippen LogP contribution < -0.4 is 4.74 Å². The maximum atomic E-state index is 13.2. The first-order valence-corrected chi connectivity index (χ1v) is 10.7. The minimum Gasteiger partial charge on any atom is -0.497 e. The largest absolute Gasteiger partial charge is 0.497 e. The van der Waals surface area contributed by atoms with Crippen LogP contribution in [0.1, 0.15) is 30.5 Å². The van der Waals surface area contributed by atoms with Gasteiger partial charge in [-0.15, -0.1) is 10.2 Å². The Morgan fingerprint density at radius 1 is 1.07 bits per heavy atom. The van der Waals surface area contributed by atoms with Crippen molar-refractivity contribution in [3.63, 3.8) is 0 Å². The van der Waals surface area contributed by atoms with Crippen LogP contribution in [0.2, 0.25) is 0 Å². The lowest BCUT2D eigenvalue weighted by atomic mass is 10.2. The molecule has 9 heteroatoms. The van der Waals surface area contributed by atoms with Gasteiger partial charge < -0.3 is 14.2 Å². The van der Waals surface area contributed by atoms with E-state index in [4.69, 9.17) is 4.74 Å². The summed E-state index contributed by atoms with van der Waals surface area (Å²) >= 11 is 0. The summed E-state index contributed by atoms with van der Waals surface area (Å²) in [5.74, 6) is 2.36. The molecule has 0 spiro atoms. The van der Waals surface area contributed by atoms with Crippen LogP contribution in [-0.2, 0) is 23.0 Å². The van der Waals surface area contributed by atoms with Gasteiger partial charge in [-0.25, -0.2) is 8.42 Å². The lowest BCUT2D eigenvalue weighted by Gasteiger charge is -2.24. The van der Waals surface area contributed by atoms with Crippen LogP contribution >= 0.6 is 0 Å². The zero-order valence-corrected chi connectivity index (χ0v) is 16.5. The van der Waals surface area contributed by atoms with Crippen LogP contribution in [0.4, 0.5) is 0 Å². The molecule has 0 unspecified atom stereocenters. The highest BCUT2D eigenvalue weighted by Crippen LogP contribution is 2.36. The molecule has 2 aliphatic rings. The van der Waals surface area contributed by atoms with E-state index in [1.807, 2.05) is 0 Å². The molecule has 146 valence electrons. The average molecular weight is 391 g/mol. The van der Waals surface area contributed by atoms with E-state index in [0.29, 0.717) is 12.3 Å². The molecule has 2 aliphatic heterocycles. The highest BCUT2D eigenvalue weighted by atomic mass is 32.2. The van der Waals surface area contributed by atoms with E-state index in [1.54, 1.807) is 35.7 Å². The number of nitrogens with zero attached hydrogens (tertiary/aromatic N) is 5. The van der Waals surface area contributed by atoms with Crippen molar-refractivity contribution in [2.24, 2.45) is 0 Å². The zero-order chi connectivity index (χ0) is 19.0. The fourth-order valence-corrected chi connectivity index (χ4v) is 5.52. The Labute approximate surface area is 159 Å². The van der Waals surface area contributed by atoms with Crippen molar-refractivity contribution in [1.29, 1.82) is 0 Å². The van der Waals surface area contributed by atoms with E-state index in [9.17, 15) is 8.42 Å². The predicted octanol–water partition coefficient (Wildman–Crippen LogP) is 1.30. The summed E-state index contributed by atoms with van der Waals surface area (Å²) in [6, 6.07) is 6.29. The second-order valence-corrected chi connectivity index (χ2v) is 9.02. The van der Waals surface area contributed by atoms with Crippen molar-refractivity contribution < 1.29 is 13.2 Å². The van der Waals surface area contributed by atoms with Crippen LogP contribution in [0.5, 0.6) is 5.75 Å². The summed E-state index contributed by atoms with van der Waals surface area (Å²) in [5.41, 5.74) is 0. The minimum atomic E-state index is -3.60. The van der Waals surface area contributed by atoms with Crippen molar-refractivity contribution >= 4 is 10.0 Å². The Morgan fingerprint density at radius 2 is 1.85 bits per heavy atom. The van der Waals surface area contributed by atoms with Gasteiger partial charge in [0.25, 0.3) is 0 Å². The van der Waals surface area contributed by atoms with Crippen LogP contribution in [0.15, 0.2) is 29.2 Å². The van der Waals surface area contributed by atoms with Gasteiger partial charge in [-0.1, -0.05) is 0 Å². The topological polar surface area (TPSA) is 80.6 Å². The number of likely N-dealkylation sites (N-methyl/N-ethyl adjacent to an activating group) is 1. The molecule has 1 aromatic carbocycles. The summed E-state index contributed by atoms with van der Waals surface area (Å²) in [6.45, 7) is 3.15. The van der Waals surface area contributed by atoms with Crippen LogP contribution in [0, 0.1) is 0 Å². The number of methoxy groups -OCH3 is 1. The smallest absolute Gasteiger partial charge is 0.243 e. The normalized spacial score (nSPS) is 21.8. The maximum absolute atomic E-state index is 13.2. The summed E-state index contributed by atoms with van der Waals surface area (Å²) in [4.78, 5) is 2.55. The molecule has 0 bridgehead atoms. The minimum absolute atomic E-state index is 0.262. The molecule has 1 fully saturated rings. The SMILES string of the molecule is COc1ccc(S(=O)(=O)N2CCC[C@H]2c2nnc3n2CCN(C)CC3)cc1. The van der Waals surface area contributed by atoms with Gasteiger partial charge in [0.15, 0.2) is 5.82 Å². The summed E-state index contributed by atoms with van der Waals surface area (Å²) in [5, 5.41) is 8.76. The van der Waals surface area contributed by atoms with Crippen molar-refractivity contribution in [2.75, 3.05) is 33.8 Å². The van der Waals surface area contributed by atoms with Crippen LogP contribution in [-0.4, -0.2) is 66.2 Å². The summed E-state index contributed by atoms with van der Waals surface area (Å²) in [7, 11) is 0.0577. The fraction of sp³-hybridized carbons (Fsp3) is 0.556. The van der Waals surface area contributed by atoms with Gasteiger partial charge in [-0.3, -0.25) is 0 Å². The first-order valence-electron chi connectivity index (χ1n) is 9.27. The standard InChI is InChI=1S/C18H25N5O3S/c1-21-11-9-17-19-20-18(22(17)13-12-21)16-4-3-10-23(16)27(24,25)15-7-5-14(26-2)6-8-15/h5-8,16H,3-4,9-13H2,1-2H3/t16-/m0/s1. The molecule has 0 N–H and O–H groups in total. The van der Waals surface area contributed by atoms with E-state index in [-0.39, 0.29) is 10.9 Å². The molecule has 0 amide bonds. The maximum Gasteiger partial charge on any atom is 0.243 e. The zero-order valence-electron chi connectivity index (χ0n) is 15.7. The second-order valence-electron chi connectivity index (χ2n) is 7.13. The second kappa shape index (κ2) is 7.21. The average Bonchev–Trinajstić information content (AvgIpc) is 3.27. The first kappa shape index (κ1) is 18.4. The van der Waals surface area contributed by atoms with Crippen molar-refractivity contribution in [2.45, 2.75) is 36.7 Å². The summed E-state index contributed by atoms with van der Waals surface area (Å²) < 4.78 is 35.3. The van der Waals surface area contributed by atoms with Gasteiger partial charge in [0.2, 0.25) is 10.0 Å². The van der Waals surface area contributed by atoms with E-state index < -0.39 is 10.0 Å². The van der Waals surface area contributed by atoms with Gasteiger partial charge >= 0.3 is 0 Å². The molecule has 2 aromatic rings. The molecule has 3 heterocycles. The number of ether oxygens (including phenoxy) is 1. The lowest BCUT2D eigenvalue weighted by Crippen LogP contribution is -2.32. The van der Waals surface area contributed by atoms with Crippen LogP contribution in [0.3, 0.4) is 0 Å². The van der Waals surface area contributed by atoms with E-state index in [2.05, 4.69) is 26.7 Å². The molecular formula is C18H25N5O3S. The van der Waals surface area contributed by atoms with E-state index >= 15 is 0 Å². The quantitative estimate of drug-likeness (QED) is 0.782. The highest BCUT2D eigenvalue weighted by molar-refractivity contribution is 7.89. The third-order valence-corrected chi connectivity index (χ3v) is 7.37. The molecule has 27 heavy (non-hydrogen) atoms. The van der Waals surface area contributed by atoms with Crippen molar-refractivity contribution in [3.05, 3.63) is 35.9 Å². The molecular weight excluding hydrogens is 366 g/mol. The first-order chi connectivity index (χ1) is 13.0. The van der Waals surface area contributed by atoms with E-state index in [1.165, 1.54) is 0 Å². The Balaban J connectivity index is 1.66. The van der Waals surface area contributed by atoms with Gasteiger partial charge in [-0.2, -0.15) is 4.31 Å². The van der Waals surface area contributed by atoms with E-state index in [0.717, 1.165) is 50.5 Å². The molecule has 1 atom stereocenters. The molecule has 1 aromatic heterocycles. The predicted molar refractivity (Wildman–Crippen MR) is 100 cm³/mol. The molecule has 0 radical (unpaired) electrons. The Kier molecular flexibility index (Phi) is 4.92. The third-order valence-electron chi connectivity index (χ3n) is 5.45. The fourth-order valence-electron chi connectivity index (χ4n) is 3.87. The molecule has 1 saturated heterocycles.